The molecule has 1 aromatic carbocycles. The molecule has 5 nitrogen and oxygen atoms in total. The molecular weight excluding hydrogens is 210 g/mol. The first-order chi connectivity index (χ1) is 7.49. The Morgan fingerprint density at radius 3 is 2.25 bits per heavy atom. The zero-order chi connectivity index (χ0) is 12.1. The molecule has 1 aromatic rings. The fraction of sp³-hybridized carbons (Fsp3) is 0.0909. The summed E-state index contributed by atoms with van der Waals surface area (Å²) in [5, 5.41) is 19.7. The average molecular weight is 221 g/mol. The molecule has 0 saturated heterocycles. The van der Waals surface area contributed by atoms with E-state index in [-0.39, 0.29) is 0 Å². The molecule has 0 unspecified atom stereocenters. The molecule has 0 fully saturated rings. The lowest BCUT2D eigenvalue weighted by atomic mass is 10.2. The van der Waals surface area contributed by atoms with E-state index < -0.39 is 17.6 Å². The highest BCUT2D eigenvalue weighted by atomic mass is 16.4. The number of carboxylic acid groups (broad SMARTS) is 1. The second-order valence-corrected chi connectivity index (χ2v) is 3.19. The maximum absolute atomic E-state index is 11.2. The molecule has 0 saturated carbocycles. The summed E-state index contributed by atoms with van der Waals surface area (Å²) in [6, 6.07) is 6.88. The first-order valence-electron chi connectivity index (χ1n) is 4.50. The monoisotopic (exact) mass is 221 g/mol. The molecule has 0 aliphatic carbocycles. The van der Waals surface area contributed by atoms with Gasteiger partial charge in [0.05, 0.1) is 6.08 Å². The van der Waals surface area contributed by atoms with Gasteiger partial charge in [-0.1, -0.05) is 17.7 Å². The van der Waals surface area contributed by atoms with Gasteiger partial charge in [0.1, 0.15) is 0 Å². The van der Waals surface area contributed by atoms with Crippen molar-refractivity contribution in [1.29, 1.82) is 0 Å². The first kappa shape index (κ1) is 11.8. The van der Waals surface area contributed by atoms with E-state index in [1.807, 2.05) is 6.92 Å². The Labute approximate surface area is 92.0 Å². The molecule has 0 atom stereocenters. The highest BCUT2D eigenvalue weighted by Crippen LogP contribution is 2.09. The molecule has 5 heteroatoms. The van der Waals surface area contributed by atoms with Crippen molar-refractivity contribution in [1.82, 2.24) is 0 Å². The number of rotatable bonds is 3. The largest absolute Gasteiger partial charge is 0.503 e. The molecule has 0 bridgehead atoms. The number of hydrogen-bond donors (Lipinski definition) is 3. The number of amides is 1. The van der Waals surface area contributed by atoms with Crippen LogP contribution < -0.4 is 5.32 Å². The third-order valence-electron chi connectivity index (χ3n) is 1.80. The van der Waals surface area contributed by atoms with Gasteiger partial charge in [0.2, 0.25) is 0 Å². The predicted octanol–water partition coefficient (Wildman–Crippen LogP) is 1.46. The molecule has 1 rings (SSSR count). The molecule has 0 heterocycles. The topological polar surface area (TPSA) is 86.6 Å². The minimum Gasteiger partial charge on any atom is -0.503 e. The van der Waals surface area contributed by atoms with Gasteiger partial charge in [-0.2, -0.15) is 0 Å². The molecule has 0 aliphatic heterocycles. The summed E-state index contributed by atoms with van der Waals surface area (Å²) in [6.07, 6.45) is 0.434. The normalized spacial score (nSPS) is 10.9. The number of anilines is 1. The number of hydrogen-bond acceptors (Lipinski definition) is 3. The highest BCUT2D eigenvalue weighted by molar-refractivity contribution is 6.04. The van der Waals surface area contributed by atoms with Gasteiger partial charge in [-0.3, -0.25) is 4.79 Å². The Morgan fingerprint density at radius 1 is 1.19 bits per heavy atom. The fourth-order valence-corrected chi connectivity index (χ4v) is 1.01. The van der Waals surface area contributed by atoms with Gasteiger partial charge in [-0.15, -0.1) is 0 Å². The van der Waals surface area contributed by atoms with E-state index in [0.29, 0.717) is 11.8 Å². The van der Waals surface area contributed by atoms with Gasteiger partial charge < -0.3 is 15.5 Å². The second-order valence-electron chi connectivity index (χ2n) is 3.19. The van der Waals surface area contributed by atoms with Gasteiger partial charge in [0, 0.05) is 5.69 Å². The van der Waals surface area contributed by atoms with E-state index in [0.717, 1.165) is 5.56 Å². The van der Waals surface area contributed by atoms with Crippen LogP contribution in [0, 0.1) is 6.92 Å². The molecule has 84 valence electrons. The molecule has 0 aliphatic rings. The Bertz CT molecular complexity index is 434. The number of nitrogens with one attached hydrogen (secondary N) is 1. The smallest absolute Gasteiger partial charge is 0.332 e. The lowest BCUT2D eigenvalue weighted by Gasteiger charge is -2.03. The molecular formula is C11H11NO4. The first-order valence-corrected chi connectivity index (χ1v) is 4.50. The molecule has 3 N–H and O–H groups in total. The van der Waals surface area contributed by atoms with E-state index >= 15 is 0 Å². The van der Waals surface area contributed by atoms with Crippen molar-refractivity contribution >= 4 is 17.6 Å². The molecule has 0 aromatic heterocycles. The van der Waals surface area contributed by atoms with Crippen LogP contribution in [0.4, 0.5) is 5.69 Å². The zero-order valence-corrected chi connectivity index (χ0v) is 8.60. The number of aryl methyl sites for hydroxylation is 1. The van der Waals surface area contributed by atoms with Crippen LogP contribution in [0.5, 0.6) is 0 Å². The maximum Gasteiger partial charge on any atom is 0.332 e. The summed E-state index contributed by atoms with van der Waals surface area (Å²) in [5.74, 6) is -3.07. The Morgan fingerprint density at radius 2 is 1.75 bits per heavy atom. The number of aliphatic hydroxyl groups excluding tert-OH is 1. The van der Waals surface area contributed by atoms with Crippen LogP contribution in [0.15, 0.2) is 36.1 Å². The molecule has 1 amide bonds. The van der Waals surface area contributed by atoms with Gasteiger partial charge in [-0.25, -0.2) is 4.79 Å². The van der Waals surface area contributed by atoms with Crippen molar-refractivity contribution in [3.63, 3.8) is 0 Å². The minimum atomic E-state index is -1.38. The lowest BCUT2D eigenvalue weighted by Crippen LogP contribution is -2.15. The quantitative estimate of drug-likeness (QED) is 0.532. The summed E-state index contributed by atoms with van der Waals surface area (Å²) >= 11 is 0. The number of carboxylic acids is 1. The number of aliphatic hydroxyl groups is 1. The van der Waals surface area contributed by atoms with Crippen LogP contribution in [0.3, 0.4) is 0 Å². The zero-order valence-electron chi connectivity index (χ0n) is 8.60. The Balaban J connectivity index is 2.71. The SMILES string of the molecule is Cc1ccc(NC(=O)/C(O)=C/C(=O)O)cc1. The number of aliphatic carboxylic acids is 1. The average Bonchev–Trinajstić information content (AvgIpc) is 2.20. The van der Waals surface area contributed by atoms with E-state index in [1.165, 1.54) is 0 Å². The number of carbonyl (C=O) groups is 2. The Kier molecular flexibility index (Phi) is 3.66. The maximum atomic E-state index is 11.2. The van der Waals surface area contributed by atoms with Gasteiger partial charge in [0.15, 0.2) is 5.76 Å². The van der Waals surface area contributed by atoms with Crippen LogP contribution in [0.2, 0.25) is 0 Å². The van der Waals surface area contributed by atoms with Gasteiger partial charge >= 0.3 is 5.97 Å². The van der Waals surface area contributed by atoms with Crippen molar-refractivity contribution < 1.29 is 19.8 Å². The van der Waals surface area contributed by atoms with Gasteiger partial charge in [-0.05, 0) is 19.1 Å². The van der Waals surface area contributed by atoms with E-state index in [2.05, 4.69) is 5.32 Å². The summed E-state index contributed by atoms with van der Waals surface area (Å²) in [7, 11) is 0. The van der Waals surface area contributed by atoms with Crippen molar-refractivity contribution in [3.8, 4) is 0 Å². The van der Waals surface area contributed by atoms with Crippen LogP contribution in [0.1, 0.15) is 5.56 Å². The Hall–Kier alpha value is -2.30. The molecule has 16 heavy (non-hydrogen) atoms. The van der Waals surface area contributed by atoms with Crippen molar-refractivity contribution in [2.45, 2.75) is 6.92 Å². The molecule has 0 radical (unpaired) electrons. The summed E-state index contributed by atoms with van der Waals surface area (Å²) in [4.78, 5) is 21.4. The number of carbonyl (C=O) groups excluding carboxylic acids is 1. The highest BCUT2D eigenvalue weighted by Gasteiger charge is 2.09. The minimum absolute atomic E-state index is 0.434. The summed E-state index contributed by atoms with van der Waals surface area (Å²) in [5.41, 5.74) is 1.52. The van der Waals surface area contributed by atoms with Crippen molar-refractivity contribution in [3.05, 3.63) is 41.7 Å². The van der Waals surface area contributed by atoms with Gasteiger partial charge in [0.25, 0.3) is 5.91 Å². The van der Waals surface area contributed by atoms with Crippen LogP contribution >= 0.6 is 0 Å². The third-order valence-corrected chi connectivity index (χ3v) is 1.80. The second kappa shape index (κ2) is 4.97. The van der Waals surface area contributed by atoms with Crippen molar-refractivity contribution in [2.75, 3.05) is 5.32 Å². The van der Waals surface area contributed by atoms with E-state index in [9.17, 15) is 9.59 Å². The van der Waals surface area contributed by atoms with Crippen molar-refractivity contribution in [2.24, 2.45) is 0 Å². The van der Waals surface area contributed by atoms with Crippen LogP contribution in [-0.4, -0.2) is 22.1 Å². The third kappa shape index (κ3) is 3.45. The summed E-state index contributed by atoms with van der Waals surface area (Å²) < 4.78 is 0. The van der Waals surface area contributed by atoms with Crippen LogP contribution in [-0.2, 0) is 9.59 Å². The van der Waals surface area contributed by atoms with E-state index in [1.54, 1.807) is 24.3 Å². The number of benzene rings is 1. The molecule has 0 spiro atoms. The van der Waals surface area contributed by atoms with Crippen LogP contribution in [0.25, 0.3) is 0 Å². The fourth-order valence-electron chi connectivity index (χ4n) is 1.01. The van der Waals surface area contributed by atoms with E-state index in [4.69, 9.17) is 10.2 Å². The standard InChI is InChI=1S/C11H11NO4/c1-7-2-4-8(5-3-7)12-11(16)9(13)6-10(14)15/h2-6,13H,1H3,(H,12,16)(H,14,15)/b9-6-. The predicted molar refractivity (Wildman–Crippen MR) is 58.2 cm³/mol. The summed E-state index contributed by atoms with van der Waals surface area (Å²) in [6.45, 7) is 1.90. The lowest BCUT2D eigenvalue weighted by molar-refractivity contribution is -0.132.